The number of hydrogen-bond donors (Lipinski definition) is 1. The number of piperidine rings is 1. The van der Waals surface area contributed by atoms with Crippen LogP contribution in [0, 0.1) is 30.3 Å². The standard InChI is InChI=1S/C21H21F3N2O2/c1-13-10-14(2-5-18(13)23)12-25-20(27)15-6-8-26(9-7-15)21(28)17-4-3-16(22)11-19(17)24/h2-5,10-11,15H,6-9,12H2,1H3,(H,25,27). The van der Waals surface area contributed by atoms with Gasteiger partial charge in [-0.1, -0.05) is 12.1 Å². The van der Waals surface area contributed by atoms with Crippen molar-refractivity contribution < 1.29 is 22.8 Å². The number of likely N-dealkylation sites (tertiary alicyclic amines) is 1. The summed E-state index contributed by atoms with van der Waals surface area (Å²) < 4.78 is 40.1. The molecule has 148 valence electrons. The van der Waals surface area contributed by atoms with Crippen molar-refractivity contribution in [3.63, 3.8) is 0 Å². The molecule has 0 radical (unpaired) electrons. The minimum Gasteiger partial charge on any atom is -0.352 e. The molecule has 2 amide bonds. The number of aryl methyl sites for hydroxylation is 1. The second-order valence-electron chi connectivity index (χ2n) is 6.99. The van der Waals surface area contributed by atoms with Gasteiger partial charge in [-0.25, -0.2) is 13.2 Å². The number of carbonyl (C=O) groups is 2. The average molecular weight is 390 g/mol. The lowest BCUT2D eigenvalue weighted by Crippen LogP contribution is -2.43. The van der Waals surface area contributed by atoms with Crippen LogP contribution in [0.15, 0.2) is 36.4 Å². The second-order valence-corrected chi connectivity index (χ2v) is 6.99. The van der Waals surface area contributed by atoms with Crippen LogP contribution in [0.5, 0.6) is 0 Å². The van der Waals surface area contributed by atoms with Crippen molar-refractivity contribution in [3.8, 4) is 0 Å². The van der Waals surface area contributed by atoms with E-state index >= 15 is 0 Å². The first-order valence-corrected chi connectivity index (χ1v) is 9.12. The van der Waals surface area contributed by atoms with Gasteiger partial charge >= 0.3 is 0 Å². The first-order valence-electron chi connectivity index (χ1n) is 9.12. The summed E-state index contributed by atoms with van der Waals surface area (Å²) in [7, 11) is 0. The average Bonchev–Trinajstić information content (AvgIpc) is 2.68. The van der Waals surface area contributed by atoms with Crippen LogP contribution >= 0.6 is 0 Å². The Kier molecular flexibility index (Phi) is 6.02. The van der Waals surface area contributed by atoms with E-state index < -0.39 is 17.5 Å². The molecule has 0 bridgehead atoms. The molecule has 1 aliphatic heterocycles. The van der Waals surface area contributed by atoms with Crippen molar-refractivity contribution in [3.05, 3.63) is 70.5 Å². The van der Waals surface area contributed by atoms with Crippen LogP contribution in [-0.2, 0) is 11.3 Å². The van der Waals surface area contributed by atoms with Crippen molar-refractivity contribution in [2.24, 2.45) is 5.92 Å². The molecule has 4 nitrogen and oxygen atoms in total. The van der Waals surface area contributed by atoms with E-state index in [0.717, 1.165) is 17.7 Å². The lowest BCUT2D eigenvalue weighted by Gasteiger charge is -2.31. The number of hydrogen-bond acceptors (Lipinski definition) is 2. The molecule has 1 fully saturated rings. The normalized spacial score (nSPS) is 14.8. The lowest BCUT2D eigenvalue weighted by atomic mass is 9.95. The molecule has 0 spiro atoms. The molecule has 2 aromatic rings. The van der Waals surface area contributed by atoms with Crippen molar-refractivity contribution in [1.29, 1.82) is 0 Å². The van der Waals surface area contributed by atoms with Gasteiger partial charge in [-0.2, -0.15) is 0 Å². The smallest absolute Gasteiger partial charge is 0.256 e. The highest BCUT2D eigenvalue weighted by molar-refractivity contribution is 5.94. The van der Waals surface area contributed by atoms with Crippen molar-refractivity contribution >= 4 is 11.8 Å². The number of rotatable bonds is 4. The molecule has 0 unspecified atom stereocenters. The van der Waals surface area contributed by atoms with E-state index in [9.17, 15) is 22.8 Å². The van der Waals surface area contributed by atoms with Gasteiger partial charge in [-0.05, 0) is 49.1 Å². The van der Waals surface area contributed by atoms with Gasteiger partial charge in [0.2, 0.25) is 5.91 Å². The fraction of sp³-hybridized carbons (Fsp3) is 0.333. The minimum absolute atomic E-state index is 0.123. The van der Waals surface area contributed by atoms with E-state index in [1.807, 2.05) is 0 Å². The van der Waals surface area contributed by atoms with E-state index in [1.165, 1.54) is 11.0 Å². The number of amides is 2. The fourth-order valence-corrected chi connectivity index (χ4v) is 3.33. The van der Waals surface area contributed by atoms with E-state index in [1.54, 1.807) is 19.1 Å². The van der Waals surface area contributed by atoms with E-state index in [-0.39, 0.29) is 23.2 Å². The van der Waals surface area contributed by atoms with Crippen LogP contribution < -0.4 is 5.32 Å². The van der Waals surface area contributed by atoms with Gasteiger partial charge < -0.3 is 10.2 Å². The molecule has 1 heterocycles. The first-order chi connectivity index (χ1) is 13.3. The molecular weight excluding hydrogens is 369 g/mol. The molecule has 7 heteroatoms. The maximum atomic E-state index is 13.8. The number of halogens is 3. The molecule has 2 aromatic carbocycles. The zero-order chi connectivity index (χ0) is 20.3. The Bertz CT molecular complexity index is 893. The van der Waals surface area contributed by atoms with Gasteiger partial charge in [0.15, 0.2) is 0 Å². The Morgan fingerprint density at radius 2 is 1.75 bits per heavy atom. The number of nitrogens with zero attached hydrogens (tertiary/aromatic N) is 1. The zero-order valence-electron chi connectivity index (χ0n) is 15.5. The third-order valence-corrected chi connectivity index (χ3v) is 5.00. The Morgan fingerprint density at radius 1 is 1.04 bits per heavy atom. The van der Waals surface area contributed by atoms with Gasteiger partial charge in [-0.15, -0.1) is 0 Å². The van der Waals surface area contributed by atoms with Crippen LogP contribution in [0.3, 0.4) is 0 Å². The quantitative estimate of drug-likeness (QED) is 0.868. The van der Waals surface area contributed by atoms with Crippen LogP contribution in [0.4, 0.5) is 13.2 Å². The highest BCUT2D eigenvalue weighted by Crippen LogP contribution is 2.21. The summed E-state index contributed by atoms with van der Waals surface area (Å²) in [5.41, 5.74) is 1.16. The highest BCUT2D eigenvalue weighted by atomic mass is 19.1. The summed E-state index contributed by atoms with van der Waals surface area (Å²) in [6, 6.07) is 7.56. The number of benzene rings is 2. The van der Waals surface area contributed by atoms with Gasteiger partial charge in [0.25, 0.3) is 5.91 Å². The van der Waals surface area contributed by atoms with Gasteiger partial charge in [-0.3, -0.25) is 9.59 Å². The zero-order valence-corrected chi connectivity index (χ0v) is 15.5. The van der Waals surface area contributed by atoms with Crippen LogP contribution in [0.2, 0.25) is 0 Å². The monoisotopic (exact) mass is 390 g/mol. The molecule has 0 aromatic heterocycles. The maximum absolute atomic E-state index is 13.8. The molecular formula is C21H21F3N2O2. The minimum atomic E-state index is -0.889. The second kappa shape index (κ2) is 8.46. The third kappa shape index (κ3) is 4.52. The highest BCUT2D eigenvalue weighted by Gasteiger charge is 2.28. The predicted octanol–water partition coefficient (Wildman–Crippen LogP) is 3.58. The maximum Gasteiger partial charge on any atom is 0.256 e. The third-order valence-electron chi connectivity index (χ3n) is 5.00. The van der Waals surface area contributed by atoms with Crippen LogP contribution in [0.1, 0.15) is 34.3 Å². The lowest BCUT2D eigenvalue weighted by molar-refractivity contribution is -0.126. The Balaban J connectivity index is 1.52. The number of carbonyl (C=O) groups excluding carboxylic acids is 2. The van der Waals surface area contributed by atoms with Crippen LogP contribution in [0.25, 0.3) is 0 Å². The van der Waals surface area contributed by atoms with Crippen molar-refractivity contribution in [2.75, 3.05) is 13.1 Å². The molecule has 3 rings (SSSR count). The molecule has 28 heavy (non-hydrogen) atoms. The largest absolute Gasteiger partial charge is 0.352 e. The van der Waals surface area contributed by atoms with Crippen molar-refractivity contribution in [1.82, 2.24) is 10.2 Å². The van der Waals surface area contributed by atoms with Crippen molar-refractivity contribution in [2.45, 2.75) is 26.3 Å². The summed E-state index contributed by atoms with van der Waals surface area (Å²) in [5, 5.41) is 2.84. The Morgan fingerprint density at radius 3 is 2.39 bits per heavy atom. The Hall–Kier alpha value is -2.83. The van der Waals surface area contributed by atoms with Gasteiger partial charge in [0, 0.05) is 31.6 Å². The SMILES string of the molecule is Cc1cc(CNC(=O)C2CCN(C(=O)c3ccc(F)cc3F)CC2)ccc1F. The molecule has 0 atom stereocenters. The first kappa shape index (κ1) is 19.9. The summed E-state index contributed by atoms with van der Waals surface area (Å²) in [6.45, 7) is 2.62. The summed E-state index contributed by atoms with van der Waals surface area (Å²) in [4.78, 5) is 26.3. The van der Waals surface area contributed by atoms with E-state index in [0.29, 0.717) is 44.1 Å². The predicted molar refractivity (Wildman–Crippen MR) is 98.0 cm³/mol. The summed E-state index contributed by atoms with van der Waals surface area (Å²) in [6.07, 6.45) is 0.922. The summed E-state index contributed by atoms with van der Waals surface area (Å²) >= 11 is 0. The molecule has 1 saturated heterocycles. The van der Waals surface area contributed by atoms with E-state index in [4.69, 9.17) is 0 Å². The topological polar surface area (TPSA) is 49.4 Å². The summed E-state index contributed by atoms with van der Waals surface area (Å²) in [5.74, 6) is -2.78. The van der Waals surface area contributed by atoms with Gasteiger partial charge in [0.1, 0.15) is 17.5 Å². The van der Waals surface area contributed by atoms with E-state index in [2.05, 4.69) is 5.32 Å². The molecule has 0 aliphatic carbocycles. The number of nitrogens with one attached hydrogen (secondary N) is 1. The molecule has 0 saturated carbocycles. The fourth-order valence-electron chi connectivity index (χ4n) is 3.33. The molecule has 1 aliphatic rings. The Labute approximate surface area is 161 Å². The van der Waals surface area contributed by atoms with Gasteiger partial charge in [0.05, 0.1) is 5.56 Å². The molecule has 1 N–H and O–H groups in total. The van der Waals surface area contributed by atoms with Crippen LogP contribution in [-0.4, -0.2) is 29.8 Å².